The Balaban J connectivity index is 1.62. The largest absolute Gasteiger partial charge is 0.391 e. The number of imidazole rings is 1. The van der Waals surface area contributed by atoms with Crippen LogP contribution in [0.15, 0.2) is 66.0 Å². The molecule has 0 saturated carbocycles. The average Bonchev–Trinajstić information content (AvgIpc) is 3.54. The number of hydrogen-bond acceptors (Lipinski definition) is 9. The van der Waals surface area contributed by atoms with E-state index >= 15 is 0 Å². The number of methoxy groups -OCH3 is 1. The molecular weight excluding hydrogens is 574 g/mol. The van der Waals surface area contributed by atoms with E-state index in [1.54, 1.807) is 42.6 Å². The molecule has 0 aliphatic carbocycles. The van der Waals surface area contributed by atoms with E-state index in [-0.39, 0.29) is 30.0 Å². The molecule has 12 nitrogen and oxygen atoms in total. The van der Waals surface area contributed by atoms with Gasteiger partial charge in [-0.25, -0.2) is 23.0 Å². The summed E-state index contributed by atoms with van der Waals surface area (Å²) in [5.74, 6) is -2.17. The highest BCUT2D eigenvalue weighted by Crippen LogP contribution is 2.34. The predicted octanol–water partition coefficient (Wildman–Crippen LogP) is 2.93. The van der Waals surface area contributed by atoms with Crippen LogP contribution in [-0.4, -0.2) is 68.6 Å². The van der Waals surface area contributed by atoms with Gasteiger partial charge in [-0.15, -0.1) is 0 Å². The third kappa shape index (κ3) is 9.04. The number of esters is 2. The number of piperidine rings is 1. The number of carbonyl (C=O) groups excluding carboxylic acids is 3. The summed E-state index contributed by atoms with van der Waals surface area (Å²) in [4.78, 5) is 45.5. The normalized spacial score (nSPS) is 15.9. The molecule has 2 aromatic carbocycles. The number of amides is 1. The molecule has 2 atom stereocenters. The Morgan fingerprint density at radius 1 is 1.09 bits per heavy atom. The zero-order valence-electron chi connectivity index (χ0n) is 24.0. The number of anilines is 1. The molecule has 1 aliphatic rings. The van der Waals surface area contributed by atoms with Crippen LogP contribution in [0.2, 0.25) is 0 Å². The molecule has 1 aromatic heterocycles. The summed E-state index contributed by atoms with van der Waals surface area (Å²) in [6.07, 6.45) is 6.38. The Kier molecular flexibility index (Phi) is 11.6. The van der Waals surface area contributed by atoms with Crippen molar-refractivity contribution in [3.63, 3.8) is 0 Å². The van der Waals surface area contributed by atoms with E-state index in [0.717, 1.165) is 18.5 Å². The van der Waals surface area contributed by atoms with Crippen LogP contribution in [0, 0.1) is 0 Å². The minimum absolute atomic E-state index is 0.00635. The number of aromatic nitrogens is 2. The number of para-hydroxylation sites is 1. The second-order valence-corrected chi connectivity index (χ2v) is 11.9. The lowest BCUT2D eigenvalue weighted by molar-refractivity contribution is -0.162. The van der Waals surface area contributed by atoms with Crippen molar-refractivity contribution in [1.82, 2.24) is 20.0 Å². The van der Waals surface area contributed by atoms with E-state index in [1.165, 1.54) is 19.5 Å². The van der Waals surface area contributed by atoms with Gasteiger partial charge >= 0.3 is 11.9 Å². The van der Waals surface area contributed by atoms with Gasteiger partial charge in [0, 0.05) is 24.6 Å². The van der Waals surface area contributed by atoms with Gasteiger partial charge in [0.1, 0.15) is 17.0 Å². The van der Waals surface area contributed by atoms with Gasteiger partial charge < -0.3 is 25.1 Å². The smallest absolute Gasteiger partial charge is 0.331 e. The topological polar surface area (TPSA) is 169 Å². The molecule has 1 amide bonds. The van der Waals surface area contributed by atoms with Crippen molar-refractivity contribution in [2.45, 2.75) is 61.9 Å². The summed E-state index contributed by atoms with van der Waals surface area (Å²) in [6, 6.07) is 11.6. The summed E-state index contributed by atoms with van der Waals surface area (Å²) in [5.41, 5.74) is 2.04. The zero-order valence-corrected chi connectivity index (χ0v) is 24.8. The first-order chi connectivity index (χ1) is 20.8. The van der Waals surface area contributed by atoms with Gasteiger partial charge in [0.05, 0.1) is 25.0 Å². The van der Waals surface area contributed by atoms with Crippen molar-refractivity contribution in [2.24, 2.45) is 0 Å². The van der Waals surface area contributed by atoms with E-state index in [4.69, 9.17) is 9.47 Å². The van der Waals surface area contributed by atoms with Crippen LogP contribution in [-0.2, 0) is 40.3 Å². The number of nitrogens with zero attached hydrogens (tertiary/aromatic N) is 1. The number of sulfonamides is 1. The van der Waals surface area contributed by atoms with Gasteiger partial charge in [-0.05, 0) is 50.3 Å². The highest BCUT2D eigenvalue weighted by atomic mass is 32.2. The number of hydrogen-bond donors (Lipinski definition) is 4. The number of ether oxygens (including phenoxy) is 2. The van der Waals surface area contributed by atoms with Gasteiger partial charge in [-0.2, -0.15) is 4.72 Å². The first kappa shape index (κ1) is 32.0. The average molecular weight is 612 g/mol. The van der Waals surface area contributed by atoms with E-state index in [9.17, 15) is 22.8 Å². The summed E-state index contributed by atoms with van der Waals surface area (Å²) >= 11 is 0. The molecule has 0 radical (unpaired) electrons. The number of H-pyrrole nitrogens is 1. The van der Waals surface area contributed by atoms with Crippen LogP contribution in [0.3, 0.4) is 0 Å². The molecule has 1 fully saturated rings. The molecule has 2 heterocycles. The van der Waals surface area contributed by atoms with Gasteiger partial charge in [-0.1, -0.05) is 48.9 Å². The maximum absolute atomic E-state index is 13.9. The third-order valence-electron chi connectivity index (χ3n) is 7.07. The Hall–Kier alpha value is -3.91. The maximum Gasteiger partial charge on any atom is 0.331 e. The fourth-order valence-corrected chi connectivity index (χ4v) is 6.23. The van der Waals surface area contributed by atoms with Gasteiger partial charge in [0.25, 0.3) is 0 Å². The van der Waals surface area contributed by atoms with E-state index in [2.05, 4.69) is 25.3 Å². The molecule has 3 aromatic rings. The van der Waals surface area contributed by atoms with Crippen molar-refractivity contribution < 1.29 is 32.3 Å². The molecular formula is C30H37N5O7S. The minimum Gasteiger partial charge on any atom is -0.391 e. The molecule has 43 heavy (non-hydrogen) atoms. The standard InChI is InChI=1S/C30H37N5O7S/c1-41-18-16-27(36)34-28-23(21-9-3-2-4-10-21)12-8-15-26(28)43(39,40)35-25(14-7-11-22-19-31-20-33-22)30(38)42-29(37)24-13-5-6-17-32-24/h2-4,8-10,12,15,19-20,24-25,32,35H,5-7,11,13-14,16-18H2,1H3,(H,31,33)(H,34,36). The fraction of sp³-hybridized carbons (Fsp3) is 0.400. The number of rotatable bonds is 14. The Morgan fingerprint density at radius 3 is 2.60 bits per heavy atom. The molecule has 230 valence electrons. The van der Waals surface area contributed by atoms with Crippen molar-refractivity contribution >= 4 is 33.6 Å². The lowest BCUT2D eigenvalue weighted by Gasteiger charge is -2.23. The fourth-order valence-electron chi connectivity index (χ4n) is 4.83. The molecule has 1 aliphatic heterocycles. The first-order valence-corrected chi connectivity index (χ1v) is 15.7. The monoisotopic (exact) mass is 611 g/mol. The third-order valence-corrected chi connectivity index (χ3v) is 8.58. The summed E-state index contributed by atoms with van der Waals surface area (Å²) in [5, 5.41) is 5.77. The highest BCUT2D eigenvalue weighted by molar-refractivity contribution is 7.89. The zero-order chi connectivity index (χ0) is 30.7. The Bertz CT molecular complexity index is 1470. The summed E-state index contributed by atoms with van der Waals surface area (Å²) < 4.78 is 40.5. The number of carbonyl (C=O) groups is 3. The molecule has 2 unspecified atom stereocenters. The van der Waals surface area contributed by atoms with Crippen molar-refractivity contribution in [1.29, 1.82) is 0 Å². The quantitative estimate of drug-likeness (QED) is 0.158. The van der Waals surface area contributed by atoms with E-state index < -0.39 is 40.0 Å². The SMILES string of the molecule is COCCC(=O)Nc1c(-c2ccccc2)cccc1S(=O)(=O)NC(CCCc1cnc[nH]1)C(=O)OC(=O)C1CCCCN1. The Morgan fingerprint density at radius 2 is 1.91 bits per heavy atom. The van der Waals surface area contributed by atoms with Gasteiger partial charge in [0.15, 0.2) is 0 Å². The van der Waals surface area contributed by atoms with Crippen molar-refractivity contribution in [3.05, 3.63) is 66.7 Å². The number of nitrogens with one attached hydrogen (secondary N) is 4. The molecule has 13 heteroatoms. The van der Waals surface area contributed by atoms with Crippen LogP contribution in [0.5, 0.6) is 0 Å². The van der Waals surface area contributed by atoms with E-state index in [0.29, 0.717) is 36.9 Å². The molecule has 0 spiro atoms. The summed E-state index contributed by atoms with van der Waals surface area (Å²) in [7, 11) is -2.96. The van der Waals surface area contributed by atoms with Crippen molar-refractivity contribution in [2.75, 3.05) is 25.6 Å². The number of aryl methyl sites for hydroxylation is 1. The predicted molar refractivity (Wildman–Crippen MR) is 159 cm³/mol. The highest BCUT2D eigenvalue weighted by Gasteiger charge is 2.33. The molecule has 4 rings (SSSR count). The lowest BCUT2D eigenvalue weighted by Crippen LogP contribution is -2.46. The number of benzene rings is 2. The lowest BCUT2D eigenvalue weighted by atomic mass is 10.0. The minimum atomic E-state index is -4.42. The second-order valence-electron chi connectivity index (χ2n) is 10.2. The van der Waals surface area contributed by atoms with Crippen LogP contribution in [0.25, 0.3) is 11.1 Å². The van der Waals surface area contributed by atoms with E-state index in [1.807, 2.05) is 6.07 Å². The van der Waals surface area contributed by atoms with Gasteiger partial charge in [-0.3, -0.25) is 4.79 Å². The summed E-state index contributed by atoms with van der Waals surface area (Å²) in [6.45, 7) is 0.776. The van der Waals surface area contributed by atoms with Crippen LogP contribution < -0.4 is 15.4 Å². The maximum atomic E-state index is 13.9. The van der Waals surface area contributed by atoms with Crippen LogP contribution >= 0.6 is 0 Å². The Labute approximate surface area is 251 Å². The molecule has 0 bridgehead atoms. The van der Waals surface area contributed by atoms with Crippen LogP contribution in [0.1, 0.15) is 44.2 Å². The van der Waals surface area contributed by atoms with Crippen LogP contribution in [0.4, 0.5) is 5.69 Å². The molecule has 1 saturated heterocycles. The van der Waals surface area contributed by atoms with Gasteiger partial charge in [0.2, 0.25) is 15.9 Å². The molecule has 4 N–H and O–H groups in total. The first-order valence-electron chi connectivity index (χ1n) is 14.2. The number of aromatic amines is 1. The second kappa shape index (κ2) is 15.5. The van der Waals surface area contributed by atoms with Crippen molar-refractivity contribution in [3.8, 4) is 11.1 Å².